The molecular weight excluding hydrogens is 472 g/mol. The number of nitrogens with zero attached hydrogens (tertiary/aromatic N) is 4. The van der Waals surface area contributed by atoms with E-state index < -0.39 is 0 Å². The van der Waals surface area contributed by atoms with E-state index in [0.717, 1.165) is 75.4 Å². The van der Waals surface area contributed by atoms with Gasteiger partial charge in [-0.05, 0) is 76.8 Å². The largest absolute Gasteiger partial charge is 0.361 e. The molecule has 4 heterocycles. The minimum atomic E-state index is 0.180. The van der Waals surface area contributed by atoms with Crippen molar-refractivity contribution in [1.82, 2.24) is 25.0 Å². The van der Waals surface area contributed by atoms with Crippen molar-refractivity contribution in [3.8, 4) is 28.1 Å². The van der Waals surface area contributed by atoms with Crippen molar-refractivity contribution in [1.29, 1.82) is 0 Å². The Kier molecular flexibility index (Phi) is 6.03. The smallest absolute Gasteiger partial charge is 0.223 e. The number of aryl methyl sites for hydroxylation is 3. The number of nitrogens with one attached hydrogen (secondary N) is 2. The molecule has 2 aromatic carbocycles. The molecule has 0 aliphatic carbocycles. The molecule has 1 fully saturated rings. The van der Waals surface area contributed by atoms with E-state index in [1.165, 1.54) is 0 Å². The van der Waals surface area contributed by atoms with Gasteiger partial charge in [-0.15, -0.1) is 0 Å². The number of aromatic nitrogens is 4. The van der Waals surface area contributed by atoms with Crippen molar-refractivity contribution in [3.05, 3.63) is 77.9 Å². The lowest BCUT2D eigenvalue weighted by Gasteiger charge is -2.36. The SMILES string of the molecule is Cc1cnc(N[C@H]2CCC(C)(C)NC2)nc1-c1cn(-c2ccccc2)c2cc(-c3c(C)noc3C)ccc12. The van der Waals surface area contributed by atoms with E-state index in [0.29, 0.717) is 12.0 Å². The number of fused-ring (bicyclic) bond motifs is 1. The fourth-order valence-corrected chi connectivity index (χ4v) is 5.48. The Morgan fingerprint density at radius 2 is 1.89 bits per heavy atom. The number of piperidine rings is 1. The van der Waals surface area contributed by atoms with E-state index >= 15 is 0 Å². The number of anilines is 1. The molecule has 1 aliphatic rings. The topological polar surface area (TPSA) is 80.8 Å². The summed E-state index contributed by atoms with van der Waals surface area (Å²) in [5.41, 5.74) is 8.47. The minimum absolute atomic E-state index is 0.180. The van der Waals surface area contributed by atoms with Gasteiger partial charge < -0.3 is 19.7 Å². The van der Waals surface area contributed by atoms with Crippen LogP contribution in [0.4, 0.5) is 5.95 Å². The minimum Gasteiger partial charge on any atom is -0.361 e. The molecule has 7 heteroatoms. The fourth-order valence-electron chi connectivity index (χ4n) is 5.48. The van der Waals surface area contributed by atoms with Crippen LogP contribution in [0, 0.1) is 20.8 Å². The molecule has 7 nitrogen and oxygen atoms in total. The Bertz CT molecular complexity index is 1590. The van der Waals surface area contributed by atoms with Gasteiger partial charge in [0.2, 0.25) is 5.95 Å². The predicted octanol–water partition coefficient (Wildman–Crippen LogP) is 6.61. The molecular formula is C31H34N6O. The predicted molar refractivity (Wildman–Crippen MR) is 153 cm³/mol. The quantitative estimate of drug-likeness (QED) is 0.279. The summed E-state index contributed by atoms with van der Waals surface area (Å²) >= 11 is 0. The van der Waals surface area contributed by atoms with Crippen molar-refractivity contribution in [2.24, 2.45) is 0 Å². The fraction of sp³-hybridized carbons (Fsp3) is 0.323. The van der Waals surface area contributed by atoms with Crippen molar-refractivity contribution in [2.45, 2.75) is 59.0 Å². The summed E-state index contributed by atoms with van der Waals surface area (Å²) in [7, 11) is 0. The van der Waals surface area contributed by atoms with E-state index in [9.17, 15) is 0 Å². The first kappa shape index (κ1) is 24.4. The molecule has 3 aromatic heterocycles. The molecule has 194 valence electrons. The molecule has 5 aromatic rings. The van der Waals surface area contributed by atoms with Crippen LogP contribution in [0.25, 0.3) is 39.0 Å². The van der Waals surface area contributed by atoms with Crippen LogP contribution in [0.3, 0.4) is 0 Å². The van der Waals surface area contributed by atoms with E-state index in [-0.39, 0.29) is 5.54 Å². The van der Waals surface area contributed by atoms with E-state index in [1.807, 2.05) is 26.1 Å². The lowest BCUT2D eigenvalue weighted by atomic mass is 9.91. The van der Waals surface area contributed by atoms with Crippen LogP contribution in [0.1, 0.15) is 43.7 Å². The van der Waals surface area contributed by atoms with E-state index in [2.05, 4.69) is 94.8 Å². The molecule has 0 bridgehead atoms. The second-order valence-corrected chi connectivity index (χ2v) is 11.0. The van der Waals surface area contributed by atoms with Gasteiger partial charge >= 0.3 is 0 Å². The lowest BCUT2D eigenvalue weighted by molar-refractivity contribution is 0.289. The van der Waals surface area contributed by atoms with Crippen LogP contribution in [0.2, 0.25) is 0 Å². The molecule has 1 aliphatic heterocycles. The average Bonchev–Trinajstić information content (AvgIpc) is 3.45. The standard InChI is InChI=1S/C31H34N6O/c1-19-16-32-30(34-23-13-14-31(4,5)33-17-23)35-29(19)26-18-37(24-9-7-6-8-10-24)27-15-22(11-12-25(26)27)28-20(2)36-38-21(28)3/h6-12,15-16,18,23,33H,13-14,17H2,1-5H3,(H,32,34,35)/t23-/m0/s1. The molecule has 0 spiro atoms. The van der Waals surface area contributed by atoms with Gasteiger partial charge in [0.05, 0.1) is 16.9 Å². The van der Waals surface area contributed by atoms with E-state index in [1.54, 1.807) is 0 Å². The van der Waals surface area contributed by atoms with Crippen LogP contribution in [0.5, 0.6) is 0 Å². The second-order valence-electron chi connectivity index (χ2n) is 11.0. The summed E-state index contributed by atoms with van der Waals surface area (Å²) in [6, 6.07) is 17.3. The maximum Gasteiger partial charge on any atom is 0.223 e. The Morgan fingerprint density at radius 1 is 1.08 bits per heavy atom. The molecule has 0 unspecified atom stereocenters. The van der Waals surface area contributed by atoms with Crippen molar-refractivity contribution < 1.29 is 4.52 Å². The van der Waals surface area contributed by atoms with Gasteiger partial charge in [-0.3, -0.25) is 0 Å². The van der Waals surface area contributed by atoms with Gasteiger partial charge in [-0.25, -0.2) is 9.97 Å². The first-order chi connectivity index (χ1) is 18.3. The highest BCUT2D eigenvalue weighted by molar-refractivity contribution is 5.99. The van der Waals surface area contributed by atoms with Crippen molar-refractivity contribution in [2.75, 3.05) is 11.9 Å². The normalized spacial score (nSPS) is 17.1. The zero-order chi connectivity index (χ0) is 26.4. The van der Waals surface area contributed by atoms with E-state index in [4.69, 9.17) is 9.51 Å². The molecule has 1 atom stereocenters. The highest BCUT2D eigenvalue weighted by Crippen LogP contribution is 2.37. The highest BCUT2D eigenvalue weighted by atomic mass is 16.5. The molecule has 38 heavy (non-hydrogen) atoms. The van der Waals surface area contributed by atoms with Crippen molar-refractivity contribution in [3.63, 3.8) is 0 Å². The van der Waals surface area contributed by atoms with Crippen LogP contribution in [0.15, 0.2) is 65.4 Å². The van der Waals surface area contributed by atoms with Crippen LogP contribution in [-0.4, -0.2) is 37.8 Å². The molecule has 2 N–H and O–H groups in total. The van der Waals surface area contributed by atoms with Crippen molar-refractivity contribution >= 4 is 16.9 Å². The Balaban J connectivity index is 1.45. The molecule has 0 amide bonds. The summed E-state index contributed by atoms with van der Waals surface area (Å²) in [6.45, 7) is 11.4. The molecule has 6 rings (SSSR count). The molecule has 1 saturated heterocycles. The molecule has 0 radical (unpaired) electrons. The highest BCUT2D eigenvalue weighted by Gasteiger charge is 2.26. The van der Waals surface area contributed by atoms with Gasteiger partial charge in [0.15, 0.2) is 0 Å². The number of para-hydroxylation sites is 1. The lowest BCUT2D eigenvalue weighted by Crippen LogP contribution is -2.50. The summed E-state index contributed by atoms with van der Waals surface area (Å²) in [5, 5.41) is 12.5. The maximum absolute atomic E-state index is 5.47. The number of hydrogen-bond acceptors (Lipinski definition) is 6. The number of hydrogen-bond donors (Lipinski definition) is 2. The third-order valence-corrected chi connectivity index (χ3v) is 7.67. The zero-order valence-electron chi connectivity index (χ0n) is 22.7. The zero-order valence-corrected chi connectivity index (χ0v) is 22.7. The van der Waals surface area contributed by atoms with Gasteiger partial charge in [-0.1, -0.05) is 35.5 Å². The van der Waals surface area contributed by atoms with Gasteiger partial charge in [0.1, 0.15) is 5.76 Å². The van der Waals surface area contributed by atoms with Gasteiger partial charge in [-0.2, -0.15) is 0 Å². The summed E-state index contributed by atoms with van der Waals surface area (Å²) in [4.78, 5) is 9.68. The summed E-state index contributed by atoms with van der Waals surface area (Å²) < 4.78 is 7.71. The Hall–Kier alpha value is -3.97. The first-order valence-electron chi connectivity index (χ1n) is 13.3. The van der Waals surface area contributed by atoms with Crippen LogP contribution < -0.4 is 10.6 Å². The third kappa shape index (κ3) is 4.47. The van der Waals surface area contributed by atoms with Crippen LogP contribution >= 0.6 is 0 Å². The first-order valence-corrected chi connectivity index (χ1v) is 13.3. The summed E-state index contributed by atoms with van der Waals surface area (Å²) in [6.07, 6.45) is 6.32. The van der Waals surface area contributed by atoms with Crippen LogP contribution in [-0.2, 0) is 0 Å². The van der Waals surface area contributed by atoms with Gasteiger partial charge in [0, 0.05) is 52.7 Å². The Labute approximate surface area is 223 Å². The number of rotatable bonds is 5. The Morgan fingerprint density at radius 3 is 2.61 bits per heavy atom. The molecule has 0 saturated carbocycles. The summed E-state index contributed by atoms with van der Waals surface area (Å²) in [5.74, 6) is 1.49. The maximum atomic E-state index is 5.47. The van der Waals surface area contributed by atoms with Gasteiger partial charge in [0.25, 0.3) is 0 Å². The third-order valence-electron chi connectivity index (χ3n) is 7.67. The average molecular weight is 507 g/mol. The monoisotopic (exact) mass is 506 g/mol. The number of benzene rings is 2. The second kappa shape index (κ2) is 9.40.